The normalized spacial score (nSPS) is 11.4. The molecule has 5 nitrogen and oxygen atoms in total. The standard InChI is InChI=1S/C14H27N3O2/c1-13(2)11-15-12-14-5-6-16-17(14)7-10-19-9-4-8-18-3/h5-6,13,15H,4,7-12H2,1-3H3. The predicted molar refractivity (Wildman–Crippen MR) is 76.1 cm³/mol. The number of aromatic nitrogens is 2. The molecule has 0 amide bonds. The minimum atomic E-state index is 0.667. The molecule has 1 rings (SSSR count). The summed E-state index contributed by atoms with van der Waals surface area (Å²) in [5.74, 6) is 0.667. The van der Waals surface area contributed by atoms with Crippen LogP contribution in [0.2, 0.25) is 0 Å². The van der Waals surface area contributed by atoms with Crippen LogP contribution in [-0.4, -0.2) is 43.3 Å². The summed E-state index contributed by atoms with van der Waals surface area (Å²) in [4.78, 5) is 0. The zero-order chi connectivity index (χ0) is 13.9. The van der Waals surface area contributed by atoms with Gasteiger partial charge in [0.05, 0.1) is 18.8 Å². The summed E-state index contributed by atoms with van der Waals surface area (Å²) in [6, 6.07) is 2.05. The summed E-state index contributed by atoms with van der Waals surface area (Å²) in [6.07, 6.45) is 2.79. The Labute approximate surface area is 116 Å². The van der Waals surface area contributed by atoms with Crippen LogP contribution in [0.15, 0.2) is 12.3 Å². The van der Waals surface area contributed by atoms with Gasteiger partial charge in [-0.25, -0.2) is 0 Å². The van der Waals surface area contributed by atoms with Gasteiger partial charge in [0, 0.05) is 33.1 Å². The summed E-state index contributed by atoms with van der Waals surface area (Å²) < 4.78 is 12.5. The van der Waals surface area contributed by atoms with E-state index >= 15 is 0 Å². The molecular weight excluding hydrogens is 242 g/mol. The highest BCUT2D eigenvalue weighted by atomic mass is 16.5. The van der Waals surface area contributed by atoms with Crippen LogP contribution < -0.4 is 5.32 Å². The molecule has 0 aliphatic carbocycles. The molecular formula is C14H27N3O2. The molecule has 0 fully saturated rings. The molecule has 0 bridgehead atoms. The lowest BCUT2D eigenvalue weighted by atomic mass is 10.2. The first-order chi connectivity index (χ1) is 9.24. The van der Waals surface area contributed by atoms with Crippen LogP contribution in [0.5, 0.6) is 0 Å². The van der Waals surface area contributed by atoms with Gasteiger partial charge in [0.15, 0.2) is 0 Å². The summed E-state index contributed by atoms with van der Waals surface area (Å²) in [6.45, 7) is 9.31. The second-order valence-corrected chi connectivity index (χ2v) is 5.03. The van der Waals surface area contributed by atoms with E-state index < -0.39 is 0 Å². The monoisotopic (exact) mass is 269 g/mol. The fourth-order valence-corrected chi connectivity index (χ4v) is 1.76. The molecule has 1 aromatic heterocycles. The van der Waals surface area contributed by atoms with Crippen LogP contribution in [0, 0.1) is 5.92 Å². The van der Waals surface area contributed by atoms with Gasteiger partial charge in [0.1, 0.15) is 0 Å². The molecule has 1 N–H and O–H groups in total. The lowest BCUT2D eigenvalue weighted by molar-refractivity contribution is 0.0956. The number of methoxy groups -OCH3 is 1. The number of ether oxygens (including phenoxy) is 2. The molecule has 1 heterocycles. The van der Waals surface area contributed by atoms with Crippen LogP contribution in [0.4, 0.5) is 0 Å². The van der Waals surface area contributed by atoms with Crippen LogP contribution in [0.25, 0.3) is 0 Å². The third kappa shape index (κ3) is 7.30. The van der Waals surface area contributed by atoms with E-state index in [4.69, 9.17) is 9.47 Å². The molecule has 5 heteroatoms. The molecule has 0 aliphatic rings. The van der Waals surface area contributed by atoms with E-state index in [1.807, 2.05) is 10.9 Å². The van der Waals surface area contributed by atoms with E-state index in [1.54, 1.807) is 7.11 Å². The van der Waals surface area contributed by atoms with Gasteiger partial charge in [-0.15, -0.1) is 0 Å². The van der Waals surface area contributed by atoms with Gasteiger partial charge in [-0.2, -0.15) is 5.10 Å². The molecule has 0 unspecified atom stereocenters. The first kappa shape index (κ1) is 16.1. The smallest absolute Gasteiger partial charge is 0.0662 e. The molecule has 110 valence electrons. The molecule has 1 aromatic rings. The van der Waals surface area contributed by atoms with Crippen LogP contribution >= 0.6 is 0 Å². The van der Waals surface area contributed by atoms with Gasteiger partial charge in [-0.3, -0.25) is 4.68 Å². The Morgan fingerprint density at radius 3 is 2.89 bits per heavy atom. The van der Waals surface area contributed by atoms with E-state index in [9.17, 15) is 0 Å². The summed E-state index contributed by atoms with van der Waals surface area (Å²) >= 11 is 0. The van der Waals surface area contributed by atoms with Gasteiger partial charge < -0.3 is 14.8 Å². The van der Waals surface area contributed by atoms with Crippen molar-refractivity contribution in [3.63, 3.8) is 0 Å². The Morgan fingerprint density at radius 1 is 1.32 bits per heavy atom. The van der Waals surface area contributed by atoms with Crippen molar-refractivity contribution in [1.82, 2.24) is 15.1 Å². The quantitative estimate of drug-likeness (QED) is 0.621. The summed E-state index contributed by atoms with van der Waals surface area (Å²) in [5.41, 5.74) is 1.21. The van der Waals surface area contributed by atoms with Gasteiger partial charge in [0.25, 0.3) is 0 Å². The first-order valence-electron chi connectivity index (χ1n) is 7.02. The molecule has 0 spiro atoms. The maximum absolute atomic E-state index is 5.55. The van der Waals surface area contributed by atoms with E-state index in [1.165, 1.54) is 5.69 Å². The molecule has 0 aromatic carbocycles. The topological polar surface area (TPSA) is 48.3 Å². The van der Waals surface area contributed by atoms with Crippen molar-refractivity contribution >= 4 is 0 Å². The van der Waals surface area contributed by atoms with Crippen LogP contribution in [-0.2, 0) is 22.6 Å². The van der Waals surface area contributed by atoms with Gasteiger partial charge in [-0.05, 0) is 24.9 Å². The summed E-state index contributed by atoms with van der Waals surface area (Å²) in [7, 11) is 1.71. The van der Waals surface area contributed by atoms with Crippen molar-refractivity contribution in [2.45, 2.75) is 33.4 Å². The molecule has 0 saturated carbocycles. The largest absolute Gasteiger partial charge is 0.385 e. The Kier molecular flexibility index (Phi) is 8.45. The minimum Gasteiger partial charge on any atom is -0.385 e. The van der Waals surface area contributed by atoms with Crippen molar-refractivity contribution in [3.8, 4) is 0 Å². The molecule has 0 radical (unpaired) electrons. The number of nitrogens with zero attached hydrogens (tertiary/aromatic N) is 2. The number of nitrogens with one attached hydrogen (secondary N) is 1. The highest BCUT2D eigenvalue weighted by Crippen LogP contribution is 1.99. The third-order valence-electron chi connectivity index (χ3n) is 2.75. The number of hydrogen-bond acceptors (Lipinski definition) is 4. The van der Waals surface area contributed by atoms with Crippen molar-refractivity contribution in [3.05, 3.63) is 18.0 Å². The van der Waals surface area contributed by atoms with Crippen molar-refractivity contribution in [2.75, 3.05) is 33.5 Å². The molecule has 19 heavy (non-hydrogen) atoms. The predicted octanol–water partition coefficient (Wildman–Crippen LogP) is 1.68. The fraction of sp³-hybridized carbons (Fsp3) is 0.786. The molecule has 0 atom stereocenters. The maximum Gasteiger partial charge on any atom is 0.0662 e. The Bertz CT molecular complexity index is 326. The van der Waals surface area contributed by atoms with Crippen molar-refractivity contribution in [2.24, 2.45) is 5.92 Å². The van der Waals surface area contributed by atoms with E-state index in [-0.39, 0.29) is 0 Å². The van der Waals surface area contributed by atoms with Gasteiger partial charge >= 0.3 is 0 Å². The van der Waals surface area contributed by atoms with E-state index in [0.29, 0.717) is 12.5 Å². The Hall–Kier alpha value is -0.910. The van der Waals surface area contributed by atoms with Gasteiger partial charge in [0.2, 0.25) is 0 Å². The van der Waals surface area contributed by atoms with Crippen molar-refractivity contribution < 1.29 is 9.47 Å². The zero-order valence-electron chi connectivity index (χ0n) is 12.4. The molecule has 0 aliphatic heterocycles. The van der Waals surface area contributed by atoms with Crippen LogP contribution in [0.1, 0.15) is 26.0 Å². The lowest BCUT2D eigenvalue weighted by Gasteiger charge is -2.10. The highest BCUT2D eigenvalue weighted by molar-refractivity contribution is 4.99. The minimum absolute atomic E-state index is 0.667. The lowest BCUT2D eigenvalue weighted by Crippen LogP contribution is -2.22. The fourth-order valence-electron chi connectivity index (χ4n) is 1.76. The average molecular weight is 269 g/mol. The zero-order valence-corrected chi connectivity index (χ0v) is 12.4. The Morgan fingerprint density at radius 2 is 2.16 bits per heavy atom. The SMILES string of the molecule is COCCCOCCn1nccc1CNCC(C)C. The third-order valence-corrected chi connectivity index (χ3v) is 2.75. The number of rotatable bonds is 11. The summed E-state index contributed by atoms with van der Waals surface area (Å²) in [5, 5.41) is 7.75. The second-order valence-electron chi connectivity index (χ2n) is 5.03. The molecule has 0 saturated heterocycles. The average Bonchev–Trinajstić information content (AvgIpc) is 2.81. The van der Waals surface area contributed by atoms with E-state index in [2.05, 4.69) is 30.3 Å². The van der Waals surface area contributed by atoms with Crippen molar-refractivity contribution in [1.29, 1.82) is 0 Å². The van der Waals surface area contributed by atoms with Gasteiger partial charge in [-0.1, -0.05) is 13.8 Å². The second kappa shape index (κ2) is 9.95. The first-order valence-corrected chi connectivity index (χ1v) is 7.02. The highest BCUT2D eigenvalue weighted by Gasteiger charge is 2.02. The van der Waals surface area contributed by atoms with Crippen LogP contribution in [0.3, 0.4) is 0 Å². The van der Waals surface area contributed by atoms with E-state index in [0.717, 1.165) is 39.3 Å². The Balaban J connectivity index is 2.17. The number of hydrogen-bond donors (Lipinski definition) is 1. The maximum atomic E-state index is 5.55.